The van der Waals surface area contributed by atoms with Crippen molar-refractivity contribution in [2.75, 3.05) is 17.3 Å². The molecule has 1 atom stereocenters. The molecule has 1 unspecified atom stereocenters. The topological polar surface area (TPSA) is 62.3 Å². The largest absolute Gasteiger partial charge is 0.313 e. The fraction of sp³-hybridized carbons (Fsp3) is 0.167. The lowest BCUT2D eigenvalue weighted by atomic mass is 10.1. The molecule has 3 aromatic rings. The van der Waals surface area contributed by atoms with Gasteiger partial charge in [0.05, 0.1) is 15.9 Å². The molecule has 1 aliphatic heterocycles. The maximum absolute atomic E-state index is 12.9. The summed E-state index contributed by atoms with van der Waals surface area (Å²) >= 11 is 2.68. The molecule has 0 fully saturated rings. The van der Waals surface area contributed by atoms with Gasteiger partial charge in [-0.2, -0.15) is 0 Å². The molecule has 0 saturated carbocycles. The molecular weight excluding hydrogens is 354 g/mol. The Morgan fingerprint density at radius 2 is 1.88 bits per heavy atom. The molecule has 0 bridgehead atoms. The summed E-state index contributed by atoms with van der Waals surface area (Å²) in [4.78, 5) is 32.6. The molecule has 7 heteroatoms. The Bertz CT molecular complexity index is 968. The van der Waals surface area contributed by atoms with Crippen LogP contribution in [0.25, 0.3) is 10.2 Å². The predicted molar refractivity (Wildman–Crippen MR) is 102 cm³/mol. The van der Waals surface area contributed by atoms with E-state index in [-0.39, 0.29) is 11.8 Å². The van der Waals surface area contributed by atoms with Crippen LogP contribution in [0.5, 0.6) is 0 Å². The number of thioether (sulfide) groups is 1. The number of aromatic nitrogens is 1. The molecule has 0 radical (unpaired) electrons. The zero-order chi connectivity index (χ0) is 17.6. The van der Waals surface area contributed by atoms with Crippen molar-refractivity contribution >= 4 is 55.9 Å². The maximum Gasteiger partial charge on any atom is 0.252 e. The second kappa shape index (κ2) is 5.86. The average molecular weight is 369 g/mol. The van der Waals surface area contributed by atoms with Gasteiger partial charge in [0.25, 0.3) is 11.8 Å². The molecule has 2 heterocycles. The summed E-state index contributed by atoms with van der Waals surface area (Å²) in [6.45, 7) is 1.66. The van der Waals surface area contributed by atoms with Crippen molar-refractivity contribution in [1.82, 2.24) is 4.98 Å². The van der Waals surface area contributed by atoms with Gasteiger partial charge in [-0.1, -0.05) is 47.4 Å². The molecule has 2 amide bonds. The SMILES string of the molecule is CN1C(=O)C(C)(C(=O)Nc2nc3ccccc3s2)Sc2ccccc21. The van der Waals surface area contributed by atoms with Crippen molar-refractivity contribution < 1.29 is 9.59 Å². The number of benzene rings is 2. The standard InChI is InChI=1S/C18H15N3O2S2/c1-18(16(23)21(2)12-8-4-6-10-14(12)25-18)15(22)20-17-19-11-7-3-5-9-13(11)24-17/h3-10H,1-2H3,(H,19,20,22). The van der Waals surface area contributed by atoms with Crippen molar-refractivity contribution in [1.29, 1.82) is 0 Å². The van der Waals surface area contributed by atoms with E-state index >= 15 is 0 Å². The van der Waals surface area contributed by atoms with Gasteiger partial charge in [0.1, 0.15) is 0 Å². The third-order valence-corrected chi connectivity index (χ3v) is 6.49. The number of hydrogen-bond acceptors (Lipinski definition) is 5. The van der Waals surface area contributed by atoms with Crippen LogP contribution in [-0.2, 0) is 9.59 Å². The van der Waals surface area contributed by atoms with E-state index in [0.717, 1.165) is 20.8 Å². The number of carbonyl (C=O) groups is 2. The highest BCUT2D eigenvalue weighted by atomic mass is 32.2. The second-order valence-corrected chi connectivity index (χ2v) is 8.40. The Morgan fingerprint density at radius 3 is 2.68 bits per heavy atom. The Hall–Kier alpha value is -2.38. The van der Waals surface area contributed by atoms with Crippen LogP contribution in [0.15, 0.2) is 53.4 Å². The van der Waals surface area contributed by atoms with E-state index < -0.39 is 4.75 Å². The first-order valence-electron chi connectivity index (χ1n) is 7.72. The van der Waals surface area contributed by atoms with Gasteiger partial charge in [0.15, 0.2) is 9.88 Å². The zero-order valence-electron chi connectivity index (χ0n) is 13.6. The fourth-order valence-corrected chi connectivity index (χ4v) is 4.92. The Labute approximate surface area is 153 Å². The molecule has 25 heavy (non-hydrogen) atoms. The van der Waals surface area contributed by atoms with Crippen molar-refractivity contribution in [2.45, 2.75) is 16.6 Å². The summed E-state index contributed by atoms with van der Waals surface area (Å²) in [5.41, 5.74) is 1.65. The van der Waals surface area contributed by atoms with Crippen LogP contribution in [0, 0.1) is 0 Å². The molecule has 126 valence electrons. The fourth-order valence-electron chi connectivity index (χ4n) is 2.80. The zero-order valence-corrected chi connectivity index (χ0v) is 15.3. The van der Waals surface area contributed by atoms with E-state index in [1.807, 2.05) is 48.5 Å². The van der Waals surface area contributed by atoms with E-state index in [9.17, 15) is 9.59 Å². The number of carbonyl (C=O) groups excluding carboxylic acids is 2. The first-order chi connectivity index (χ1) is 12.0. The lowest BCUT2D eigenvalue weighted by Gasteiger charge is -2.36. The lowest BCUT2D eigenvalue weighted by molar-refractivity contribution is -0.128. The molecule has 0 spiro atoms. The number of nitrogens with one attached hydrogen (secondary N) is 1. The average Bonchev–Trinajstić information content (AvgIpc) is 3.02. The third kappa shape index (κ3) is 2.60. The van der Waals surface area contributed by atoms with E-state index in [4.69, 9.17) is 0 Å². The molecule has 4 rings (SSSR count). The van der Waals surface area contributed by atoms with E-state index in [1.54, 1.807) is 18.9 Å². The van der Waals surface area contributed by atoms with Crippen LogP contribution in [0.2, 0.25) is 0 Å². The monoisotopic (exact) mass is 369 g/mol. The number of thiazole rings is 1. The highest BCUT2D eigenvalue weighted by molar-refractivity contribution is 8.02. The first kappa shape index (κ1) is 16.1. The Balaban J connectivity index is 1.65. The molecule has 1 aromatic heterocycles. The molecule has 5 nitrogen and oxygen atoms in total. The number of nitrogens with zero attached hydrogens (tertiary/aromatic N) is 2. The highest BCUT2D eigenvalue weighted by Gasteiger charge is 2.48. The summed E-state index contributed by atoms with van der Waals surface area (Å²) in [5, 5.41) is 3.33. The quantitative estimate of drug-likeness (QED) is 0.699. The number of fused-ring (bicyclic) bond motifs is 2. The second-order valence-electron chi connectivity index (χ2n) is 5.91. The minimum Gasteiger partial charge on any atom is -0.313 e. The van der Waals surface area contributed by atoms with Gasteiger partial charge in [-0.15, -0.1) is 0 Å². The van der Waals surface area contributed by atoms with Crippen molar-refractivity contribution in [3.63, 3.8) is 0 Å². The molecule has 1 aliphatic rings. The molecule has 1 N–H and O–H groups in total. The van der Waals surface area contributed by atoms with Gasteiger partial charge in [-0.3, -0.25) is 9.59 Å². The van der Waals surface area contributed by atoms with Gasteiger partial charge in [0, 0.05) is 11.9 Å². The van der Waals surface area contributed by atoms with E-state index in [2.05, 4.69) is 10.3 Å². The van der Waals surface area contributed by atoms with Crippen LogP contribution in [0.1, 0.15) is 6.92 Å². The first-order valence-corrected chi connectivity index (χ1v) is 9.35. The van der Waals surface area contributed by atoms with Gasteiger partial charge in [-0.25, -0.2) is 4.98 Å². The van der Waals surface area contributed by atoms with Crippen LogP contribution >= 0.6 is 23.1 Å². The number of para-hydroxylation sites is 2. The predicted octanol–water partition coefficient (Wildman–Crippen LogP) is 3.76. The highest BCUT2D eigenvalue weighted by Crippen LogP contribution is 2.45. The Morgan fingerprint density at radius 1 is 1.16 bits per heavy atom. The van der Waals surface area contributed by atoms with Gasteiger partial charge in [-0.05, 0) is 31.2 Å². The molecule has 0 aliphatic carbocycles. The van der Waals surface area contributed by atoms with Crippen LogP contribution in [0.4, 0.5) is 10.8 Å². The summed E-state index contributed by atoms with van der Waals surface area (Å²) in [7, 11) is 1.70. The number of anilines is 2. The summed E-state index contributed by atoms with van der Waals surface area (Å²) in [5.74, 6) is -0.599. The van der Waals surface area contributed by atoms with Crippen molar-refractivity contribution in [2.24, 2.45) is 0 Å². The summed E-state index contributed by atoms with van der Waals surface area (Å²) in [6.07, 6.45) is 0. The van der Waals surface area contributed by atoms with Crippen molar-refractivity contribution in [3.8, 4) is 0 Å². The Kier molecular flexibility index (Phi) is 3.77. The number of amides is 2. The summed E-state index contributed by atoms with van der Waals surface area (Å²) in [6, 6.07) is 15.3. The lowest BCUT2D eigenvalue weighted by Crippen LogP contribution is -2.53. The smallest absolute Gasteiger partial charge is 0.252 e. The molecule has 0 saturated heterocycles. The van der Waals surface area contributed by atoms with E-state index in [1.165, 1.54) is 23.1 Å². The minimum absolute atomic E-state index is 0.241. The van der Waals surface area contributed by atoms with Crippen LogP contribution in [-0.4, -0.2) is 28.6 Å². The summed E-state index contributed by atoms with van der Waals surface area (Å²) < 4.78 is -0.242. The number of rotatable bonds is 2. The molecule has 2 aromatic carbocycles. The minimum atomic E-state index is -1.24. The molecular formula is C18H15N3O2S2. The van der Waals surface area contributed by atoms with E-state index in [0.29, 0.717) is 5.13 Å². The van der Waals surface area contributed by atoms with Gasteiger partial charge >= 0.3 is 0 Å². The normalized spacial score (nSPS) is 19.8. The number of hydrogen-bond donors (Lipinski definition) is 1. The van der Waals surface area contributed by atoms with Crippen LogP contribution < -0.4 is 10.2 Å². The van der Waals surface area contributed by atoms with Crippen molar-refractivity contribution in [3.05, 3.63) is 48.5 Å². The third-order valence-electron chi connectivity index (χ3n) is 4.20. The van der Waals surface area contributed by atoms with Gasteiger partial charge < -0.3 is 10.2 Å². The maximum atomic E-state index is 12.9. The van der Waals surface area contributed by atoms with Gasteiger partial charge in [0.2, 0.25) is 0 Å². The van der Waals surface area contributed by atoms with Crippen LogP contribution in [0.3, 0.4) is 0 Å².